The summed E-state index contributed by atoms with van der Waals surface area (Å²) in [7, 11) is 1.62. The van der Waals surface area contributed by atoms with E-state index >= 15 is 0 Å². The predicted octanol–water partition coefficient (Wildman–Crippen LogP) is 0.570. The molecule has 3 N–H and O–H groups in total. The van der Waals surface area contributed by atoms with E-state index in [1.54, 1.807) is 30.2 Å². The maximum Gasteiger partial charge on any atom is 0.256 e. The summed E-state index contributed by atoms with van der Waals surface area (Å²) < 4.78 is 5.08. The van der Waals surface area contributed by atoms with Crippen LogP contribution in [0.4, 0.5) is 0 Å². The van der Waals surface area contributed by atoms with E-state index in [0.29, 0.717) is 49.1 Å². The van der Waals surface area contributed by atoms with Crippen LogP contribution in [0.25, 0.3) is 11.0 Å². The van der Waals surface area contributed by atoms with Crippen molar-refractivity contribution in [3.05, 3.63) is 23.8 Å². The molecule has 0 unspecified atom stereocenters. The molecule has 25 heavy (non-hydrogen) atoms. The predicted molar refractivity (Wildman–Crippen MR) is 91.0 cm³/mol. The Hall–Kier alpha value is -2.03. The number of rotatable bonds is 6. The summed E-state index contributed by atoms with van der Waals surface area (Å²) in [6.45, 7) is 1.14. The summed E-state index contributed by atoms with van der Waals surface area (Å²) >= 11 is 0. The minimum atomic E-state index is -0.718. The van der Waals surface area contributed by atoms with Gasteiger partial charge in [0.1, 0.15) is 11.0 Å². The van der Waals surface area contributed by atoms with Crippen LogP contribution < -0.4 is 0 Å². The number of carbonyl (C=O) groups is 1. The highest BCUT2D eigenvalue weighted by Crippen LogP contribution is 2.35. The molecule has 0 spiro atoms. The lowest BCUT2D eigenvalue weighted by Crippen LogP contribution is -2.55. The third kappa shape index (κ3) is 3.37. The molecule has 8 nitrogen and oxygen atoms in total. The smallest absolute Gasteiger partial charge is 0.256 e. The number of likely N-dealkylation sites (tertiary alicyclic amines) is 1. The monoisotopic (exact) mass is 348 g/mol. The van der Waals surface area contributed by atoms with E-state index in [0.717, 1.165) is 6.42 Å². The summed E-state index contributed by atoms with van der Waals surface area (Å²) in [5.74, 6) is -0.157. The summed E-state index contributed by atoms with van der Waals surface area (Å²) in [6.07, 6.45) is 1.11. The zero-order chi connectivity index (χ0) is 17.9. The molecule has 0 radical (unpaired) electrons. The van der Waals surface area contributed by atoms with Crippen LogP contribution in [0.1, 0.15) is 29.6 Å². The molecule has 8 heteroatoms. The largest absolute Gasteiger partial charge is 0.396 e. The highest BCUT2D eigenvalue weighted by atomic mass is 16.5. The van der Waals surface area contributed by atoms with E-state index in [1.165, 1.54) is 0 Å². The first-order valence-corrected chi connectivity index (χ1v) is 8.48. The Morgan fingerprint density at radius 3 is 3.08 bits per heavy atom. The summed E-state index contributed by atoms with van der Waals surface area (Å²) in [5, 5.41) is 31.0. The van der Waals surface area contributed by atoms with Crippen molar-refractivity contribution in [2.45, 2.75) is 25.4 Å². The number of nitrogens with zero attached hydrogens (tertiary/aromatic N) is 3. The Balaban J connectivity index is 1.82. The number of methoxy groups -OCH3 is 1. The Morgan fingerprint density at radius 1 is 1.48 bits per heavy atom. The zero-order valence-corrected chi connectivity index (χ0v) is 14.3. The number of aromatic amines is 1. The molecule has 1 aliphatic heterocycles. The summed E-state index contributed by atoms with van der Waals surface area (Å²) in [4.78, 5) is 14.7. The van der Waals surface area contributed by atoms with Crippen molar-refractivity contribution < 1.29 is 19.7 Å². The van der Waals surface area contributed by atoms with Gasteiger partial charge in [0.05, 0.1) is 18.3 Å². The number of fused-ring (bicyclic) bond motifs is 1. The van der Waals surface area contributed by atoms with Gasteiger partial charge in [-0.2, -0.15) is 15.4 Å². The highest BCUT2D eigenvalue weighted by molar-refractivity contribution is 6.04. The number of aromatic nitrogens is 3. The van der Waals surface area contributed by atoms with Crippen LogP contribution in [-0.2, 0) is 4.74 Å². The third-order valence-electron chi connectivity index (χ3n) is 5.09. The number of H-pyrrole nitrogens is 1. The molecule has 3 rings (SSSR count). The Kier molecular flexibility index (Phi) is 5.31. The van der Waals surface area contributed by atoms with Gasteiger partial charge in [-0.3, -0.25) is 4.79 Å². The average Bonchev–Trinajstić information content (AvgIpc) is 3.11. The molecule has 1 saturated heterocycles. The van der Waals surface area contributed by atoms with Crippen LogP contribution in [0.2, 0.25) is 0 Å². The van der Waals surface area contributed by atoms with Crippen LogP contribution in [0.3, 0.4) is 0 Å². The van der Waals surface area contributed by atoms with Gasteiger partial charge in [-0.1, -0.05) is 6.07 Å². The van der Waals surface area contributed by atoms with Gasteiger partial charge in [0.15, 0.2) is 0 Å². The number of amides is 1. The molecular weight excluding hydrogens is 324 g/mol. The number of nitrogens with one attached hydrogen (secondary N) is 1. The number of para-hydroxylation sites is 1. The topological polar surface area (TPSA) is 112 Å². The number of ether oxygens (including phenoxy) is 1. The number of benzene rings is 1. The van der Waals surface area contributed by atoms with Crippen LogP contribution in [0.15, 0.2) is 18.2 Å². The minimum Gasteiger partial charge on any atom is -0.396 e. The lowest BCUT2D eigenvalue weighted by atomic mass is 9.74. The maximum absolute atomic E-state index is 13.0. The maximum atomic E-state index is 13.0. The fourth-order valence-corrected chi connectivity index (χ4v) is 3.58. The van der Waals surface area contributed by atoms with Crippen molar-refractivity contribution in [3.8, 4) is 0 Å². The number of hydrogen-bond donors (Lipinski definition) is 3. The molecule has 1 amide bonds. The fraction of sp³-hybridized carbons (Fsp3) is 0.588. The summed E-state index contributed by atoms with van der Waals surface area (Å²) in [6, 6.07) is 5.29. The second kappa shape index (κ2) is 7.47. The number of aliphatic hydroxyl groups is 2. The van der Waals surface area contributed by atoms with Gasteiger partial charge in [-0.25, -0.2) is 0 Å². The molecule has 0 bridgehead atoms. The average molecular weight is 348 g/mol. The van der Waals surface area contributed by atoms with Crippen LogP contribution >= 0.6 is 0 Å². The second-order valence-corrected chi connectivity index (χ2v) is 6.64. The first kappa shape index (κ1) is 17.8. The Labute approximate surface area is 145 Å². The Morgan fingerprint density at radius 2 is 2.32 bits per heavy atom. The van der Waals surface area contributed by atoms with Gasteiger partial charge in [0.2, 0.25) is 0 Å². The van der Waals surface area contributed by atoms with E-state index in [4.69, 9.17) is 4.74 Å². The van der Waals surface area contributed by atoms with Gasteiger partial charge in [-0.05, 0) is 31.4 Å². The van der Waals surface area contributed by atoms with Crippen molar-refractivity contribution in [2.24, 2.45) is 5.41 Å². The zero-order valence-electron chi connectivity index (χ0n) is 14.3. The molecular formula is C17H24N4O4. The molecule has 2 aromatic rings. The van der Waals surface area contributed by atoms with E-state index in [-0.39, 0.29) is 12.5 Å². The van der Waals surface area contributed by atoms with Crippen molar-refractivity contribution >= 4 is 16.9 Å². The van der Waals surface area contributed by atoms with Crippen molar-refractivity contribution in [1.29, 1.82) is 0 Å². The molecule has 1 aromatic carbocycles. The van der Waals surface area contributed by atoms with Crippen LogP contribution in [0.5, 0.6) is 0 Å². The Bertz CT molecular complexity index is 734. The van der Waals surface area contributed by atoms with E-state index in [2.05, 4.69) is 15.4 Å². The number of piperidine rings is 1. The molecule has 2 heterocycles. The molecule has 1 fully saturated rings. The number of carbonyl (C=O) groups excluding carboxylic acids is 1. The molecule has 136 valence electrons. The van der Waals surface area contributed by atoms with Gasteiger partial charge in [-0.15, -0.1) is 0 Å². The van der Waals surface area contributed by atoms with Crippen molar-refractivity contribution in [3.63, 3.8) is 0 Å². The van der Waals surface area contributed by atoms with Gasteiger partial charge < -0.3 is 19.8 Å². The van der Waals surface area contributed by atoms with E-state index < -0.39 is 11.5 Å². The first-order chi connectivity index (χ1) is 12.1. The fourth-order valence-electron chi connectivity index (χ4n) is 3.58. The minimum absolute atomic E-state index is 0.157. The first-order valence-electron chi connectivity index (χ1n) is 8.48. The SMILES string of the molecule is COCCC[C@@]1(CO)CN(C(=O)c2cccc3n[nH]nc23)CC[C@H]1O. The molecule has 1 aromatic heterocycles. The van der Waals surface area contributed by atoms with E-state index in [9.17, 15) is 15.0 Å². The number of hydrogen-bond acceptors (Lipinski definition) is 6. The molecule has 1 aliphatic rings. The number of aliphatic hydroxyl groups excluding tert-OH is 2. The highest BCUT2D eigenvalue weighted by Gasteiger charge is 2.43. The van der Waals surface area contributed by atoms with E-state index in [1.807, 2.05) is 0 Å². The van der Waals surface area contributed by atoms with Gasteiger partial charge >= 0.3 is 0 Å². The summed E-state index contributed by atoms with van der Waals surface area (Å²) in [5.41, 5.74) is 0.930. The third-order valence-corrected chi connectivity index (χ3v) is 5.09. The standard InChI is InChI=1S/C17H24N4O4/c1-25-9-3-7-17(11-22)10-21(8-6-14(17)23)16(24)12-4-2-5-13-15(12)19-20-18-13/h2,4-5,14,22-23H,3,6-11H2,1H3,(H,18,19,20)/t14-,17+/m1/s1. The quantitative estimate of drug-likeness (QED) is 0.658. The van der Waals surface area contributed by atoms with Gasteiger partial charge in [0, 0.05) is 32.2 Å². The molecule has 2 atom stereocenters. The lowest BCUT2D eigenvalue weighted by Gasteiger charge is -2.45. The van der Waals surface area contributed by atoms with Crippen LogP contribution in [-0.4, -0.2) is 75.9 Å². The molecule has 0 aliphatic carbocycles. The lowest BCUT2D eigenvalue weighted by molar-refractivity contribution is -0.0744. The second-order valence-electron chi connectivity index (χ2n) is 6.64. The molecule has 0 saturated carbocycles. The van der Waals surface area contributed by atoms with Crippen molar-refractivity contribution in [1.82, 2.24) is 20.3 Å². The van der Waals surface area contributed by atoms with Gasteiger partial charge in [0.25, 0.3) is 5.91 Å². The van der Waals surface area contributed by atoms with Crippen molar-refractivity contribution in [2.75, 3.05) is 33.4 Å². The van der Waals surface area contributed by atoms with Crippen LogP contribution in [0, 0.1) is 5.41 Å². The normalized spacial score (nSPS) is 24.0.